The Hall–Kier alpha value is -1.52. The van der Waals surface area contributed by atoms with E-state index in [1.165, 1.54) is 11.3 Å². The van der Waals surface area contributed by atoms with Crippen LogP contribution in [0.5, 0.6) is 0 Å². The van der Waals surface area contributed by atoms with Crippen LogP contribution in [-0.2, 0) is 6.54 Å². The number of carbonyl (C=O) groups is 1. The first-order chi connectivity index (χ1) is 10.0. The molecule has 112 valence electrons. The van der Waals surface area contributed by atoms with Crippen molar-refractivity contribution in [1.82, 2.24) is 4.90 Å². The maximum atomic E-state index is 12.5. The van der Waals surface area contributed by atoms with Gasteiger partial charge in [0, 0.05) is 29.7 Å². The van der Waals surface area contributed by atoms with Gasteiger partial charge in [-0.15, -0.1) is 11.3 Å². The van der Waals surface area contributed by atoms with Crippen molar-refractivity contribution in [2.24, 2.45) is 0 Å². The summed E-state index contributed by atoms with van der Waals surface area (Å²) in [6.45, 7) is 5.50. The van der Waals surface area contributed by atoms with E-state index in [-0.39, 0.29) is 5.91 Å². The fraction of sp³-hybridized carbons (Fsp3) is 0.312. The minimum absolute atomic E-state index is 0.0191. The Morgan fingerprint density at radius 2 is 2.10 bits per heavy atom. The molecule has 1 aromatic heterocycles. The number of thiophene rings is 1. The summed E-state index contributed by atoms with van der Waals surface area (Å²) in [5.74, 6) is 0.0191. The van der Waals surface area contributed by atoms with E-state index < -0.39 is 0 Å². The van der Waals surface area contributed by atoms with Gasteiger partial charge in [-0.1, -0.05) is 11.6 Å². The second kappa shape index (κ2) is 6.96. The highest BCUT2D eigenvalue weighted by Gasteiger charge is 2.14. The molecule has 2 rings (SSSR count). The van der Waals surface area contributed by atoms with Crippen molar-refractivity contribution >= 4 is 34.5 Å². The Morgan fingerprint density at radius 1 is 1.33 bits per heavy atom. The summed E-state index contributed by atoms with van der Waals surface area (Å²) in [6, 6.07) is 9.57. The SMILES string of the molecule is CCNc1ccc(C(=O)N(C)Cc2ccc(Cl)s2)cc1C. The molecule has 0 saturated heterocycles. The van der Waals surface area contributed by atoms with E-state index >= 15 is 0 Å². The molecular weight excluding hydrogens is 304 g/mol. The Kier molecular flexibility index (Phi) is 5.26. The number of hydrogen-bond acceptors (Lipinski definition) is 3. The van der Waals surface area contributed by atoms with Gasteiger partial charge in [0.25, 0.3) is 5.91 Å². The maximum Gasteiger partial charge on any atom is 0.253 e. The van der Waals surface area contributed by atoms with E-state index in [1.807, 2.05) is 44.3 Å². The van der Waals surface area contributed by atoms with E-state index in [1.54, 1.807) is 4.90 Å². The fourth-order valence-corrected chi connectivity index (χ4v) is 3.29. The number of amides is 1. The van der Waals surface area contributed by atoms with Crippen LogP contribution in [0.25, 0.3) is 0 Å². The standard InChI is InChI=1S/C16H19ClN2OS/c1-4-18-14-7-5-12(9-11(14)2)16(20)19(3)10-13-6-8-15(17)21-13/h5-9,18H,4,10H2,1-3H3. The number of halogens is 1. The Balaban J connectivity index is 2.10. The number of hydrogen-bond donors (Lipinski definition) is 1. The van der Waals surface area contributed by atoms with Gasteiger partial charge in [0.2, 0.25) is 0 Å². The average Bonchev–Trinajstić information content (AvgIpc) is 2.85. The van der Waals surface area contributed by atoms with Gasteiger partial charge in [-0.3, -0.25) is 4.79 Å². The van der Waals surface area contributed by atoms with E-state index in [9.17, 15) is 4.79 Å². The summed E-state index contributed by atoms with van der Waals surface area (Å²) < 4.78 is 0.747. The van der Waals surface area contributed by atoms with Crippen LogP contribution in [0.1, 0.15) is 27.7 Å². The number of rotatable bonds is 5. The smallest absolute Gasteiger partial charge is 0.253 e. The van der Waals surface area contributed by atoms with Crippen LogP contribution in [-0.4, -0.2) is 24.4 Å². The summed E-state index contributed by atoms with van der Waals surface area (Å²) in [4.78, 5) is 15.2. The Bertz CT molecular complexity index is 639. The van der Waals surface area contributed by atoms with Crippen LogP contribution < -0.4 is 5.32 Å². The first kappa shape index (κ1) is 15.9. The van der Waals surface area contributed by atoms with Gasteiger partial charge >= 0.3 is 0 Å². The molecule has 3 nitrogen and oxygen atoms in total. The molecule has 0 spiro atoms. The normalized spacial score (nSPS) is 10.5. The molecule has 0 atom stereocenters. The molecule has 1 aromatic carbocycles. The van der Waals surface area contributed by atoms with Crippen LogP contribution >= 0.6 is 22.9 Å². The van der Waals surface area contributed by atoms with Crippen molar-refractivity contribution in [3.8, 4) is 0 Å². The molecule has 0 saturated carbocycles. The molecule has 1 amide bonds. The third-order valence-corrected chi connectivity index (χ3v) is 4.43. The lowest BCUT2D eigenvalue weighted by Gasteiger charge is -2.17. The number of anilines is 1. The van der Waals surface area contributed by atoms with Gasteiger partial charge in [0.05, 0.1) is 10.9 Å². The highest BCUT2D eigenvalue weighted by atomic mass is 35.5. The zero-order valence-corrected chi connectivity index (χ0v) is 14.0. The van der Waals surface area contributed by atoms with Crippen LogP contribution in [0.15, 0.2) is 30.3 Å². The number of nitrogens with one attached hydrogen (secondary N) is 1. The molecule has 0 aliphatic rings. The van der Waals surface area contributed by atoms with Crippen LogP contribution in [0.3, 0.4) is 0 Å². The average molecular weight is 323 g/mol. The molecule has 0 unspecified atom stereocenters. The quantitative estimate of drug-likeness (QED) is 0.884. The summed E-state index contributed by atoms with van der Waals surface area (Å²) in [5.41, 5.74) is 2.86. The van der Waals surface area contributed by atoms with Gasteiger partial charge in [-0.25, -0.2) is 0 Å². The molecule has 2 aromatic rings. The first-order valence-electron chi connectivity index (χ1n) is 6.85. The molecular formula is C16H19ClN2OS. The molecule has 21 heavy (non-hydrogen) atoms. The Labute approximate surface area is 134 Å². The molecule has 5 heteroatoms. The molecule has 0 radical (unpaired) electrons. The van der Waals surface area contributed by atoms with Crippen LogP contribution in [0, 0.1) is 6.92 Å². The molecule has 0 bridgehead atoms. The first-order valence-corrected chi connectivity index (χ1v) is 8.05. The highest BCUT2D eigenvalue weighted by Crippen LogP contribution is 2.23. The van der Waals surface area contributed by atoms with Crippen molar-refractivity contribution < 1.29 is 4.79 Å². The van der Waals surface area contributed by atoms with Gasteiger partial charge in [-0.05, 0) is 49.7 Å². The summed E-state index contributed by atoms with van der Waals surface area (Å²) in [7, 11) is 1.81. The van der Waals surface area contributed by atoms with E-state index in [4.69, 9.17) is 11.6 Å². The van der Waals surface area contributed by atoms with Crippen molar-refractivity contribution in [2.75, 3.05) is 18.9 Å². The Morgan fingerprint density at radius 3 is 2.67 bits per heavy atom. The zero-order valence-electron chi connectivity index (χ0n) is 12.4. The zero-order chi connectivity index (χ0) is 15.4. The number of aryl methyl sites for hydroxylation is 1. The van der Waals surface area contributed by atoms with Gasteiger partial charge in [-0.2, -0.15) is 0 Å². The maximum absolute atomic E-state index is 12.5. The monoisotopic (exact) mass is 322 g/mol. The van der Waals surface area contributed by atoms with Crippen molar-refractivity contribution in [2.45, 2.75) is 20.4 Å². The summed E-state index contributed by atoms with van der Waals surface area (Å²) >= 11 is 7.42. The van der Waals surface area contributed by atoms with Crippen molar-refractivity contribution in [3.05, 3.63) is 50.7 Å². The molecule has 1 heterocycles. The predicted molar refractivity (Wildman–Crippen MR) is 90.5 cm³/mol. The number of nitrogens with zero attached hydrogens (tertiary/aromatic N) is 1. The lowest BCUT2D eigenvalue weighted by molar-refractivity contribution is 0.0786. The molecule has 1 N–H and O–H groups in total. The van der Waals surface area contributed by atoms with Gasteiger partial charge < -0.3 is 10.2 Å². The van der Waals surface area contributed by atoms with Crippen LogP contribution in [0.4, 0.5) is 5.69 Å². The molecule has 0 fully saturated rings. The van der Waals surface area contributed by atoms with Gasteiger partial charge in [0.15, 0.2) is 0 Å². The predicted octanol–water partition coefficient (Wildman–Crippen LogP) is 4.41. The minimum atomic E-state index is 0.0191. The number of benzene rings is 1. The summed E-state index contributed by atoms with van der Waals surface area (Å²) in [5, 5.41) is 3.28. The third-order valence-electron chi connectivity index (χ3n) is 3.21. The topological polar surface area (TPSA) is 32.3 Å². The van der Waals surface area contributed by atoms with E-state index in [2.05, 4.69) is 12.2 Å². The van der Waals surface area contributed by atoms with Crippen LogP contribution in [0.2, 0.25) is 4.34 Å². The second-order valence-corrected chi connectivity index (χ2v) is 6.73. The van der Waals surface area contributed by atoms with E-state index in [0.717, 1.165) is 27.0 Å². The fourth-order valence-electron chi connectivity index (χ4n) is 2.15. The van der Waals surface area contributed by atoms with Crippen molar-refractivity contribution in [3.63, 3.8) is 0 Å². The lowest BCUT2D eigenvalue weighted by Crippen LogP contribution is -2.25. The minimum Gasteiger partial charge on any atom is -0.385 e. The van der Waals surface area contributed by atoms with Gasteiger partial charge in [0.1, 0.15) is 0 Å². The van der Waals surface area contributed by atoms with E-state index in [0.29, 0.717) is 12.1 Å². The highest BCUT2D eigenvalue weighted by molar-refractivity contribution is 7.16. The summed E-state index contributed by atoms with van der Waals surface area (Å²) in [6.07, 6.45) is 0. The largest absolute Gasteiger partial charge is 0.385 e. The molecule has 0 aliphatic carbocycles. The number of carbonyl (C=O) groups excluding carboxylic acids is 1. The second-order valence-electron chi connectivity index (χ2n) is 4.93. The third kappa shape index (κ3) is 3.99. The lowest BCUT2D eigenvalue weighted by atomic mass is 10.1. The molecule has 0 aliphatic heterocycles. The van der Waals surface area contributed by atoms with Crippen molar-refractivity contribution in [1.29, 1.82) is 0 Å².